The van der Waals surface area contributed by atoms with E-state index >= 15 is 0 Å². The summed E-state index contributed by atoms with van der Waals surface area (Å²) in [6.07, 6.45) is 3.04. The van der Waals surface area contributed by atoms with Gasteiger partial charge in [-0.05, 0) is 11.8 Å². The first-order valence-electron chi connectivity index (χ1n) is 5.94. The van der Waals surface area contributed by atoms with E-state index in [1.165, 1.54) is 4.88 Å². The van der Waals surface area contributed by atoms with Crippen LogP contribution in [0.2, 0.25) is 0 Å². The summed E-state index contributed by atoms with van der Waals surface area (Å²) in [5.74, 6) is 1.14. The van der Waals surface area contributed by atoms with Crippen LogP contribution in [0.3, 0.4) is 0 Å². The summed E-state index contributed by atoms with van der Waals surface area (Å²) < 4.78 is 0. The van der Waals surface area contributed by atoms with E-state index in [4.69, 9.17) is 0 Å². The molecule has 0 atom stereocenters. The minimum Gasteiger partial charge on any atom is -0.358 e. The number of hydrogen-bond donors (Lipinski definition) is 1. The zero-order chi connectivity index (χ0) is 12.3. The third-order valence-electron chi connectivity index (χ3n) is 2.59. The van der Waals surface area contributed by atoms with E-state index in [-0.39, 0.29) is 0 Å². The summed E-state index contributed by atoms with van der Waals surface area (Å²) in [6, 6.07) is 0. The molecule has 0 aliphatic carbocycles. The highest BCUT2D eigenvalue weighted by Gasteiger charge is 2.23. The van der Waals surface area contributed by atoms with Gasteiger partial charge in [0.1, 0.15) is 5.01 Å². The second kappa shape index (κ2) is 5.40. The highest BCUT2D eigenvalue weighted by molar-refractivity contribution is 8.13. The number of aliphatic imine (C=N–C) groups is 1. The molecule has 0 radical (unpaired) electrons. The molecule has 0 spiro atoms. The van der Waals surface area contributed by atoms with Crippen LogP contribution >= 0.6 is 23.1 Å². The molecule has 1 aromatic rings. The Labute approximate surface area is 111 Å². The van der Waals surface area contributed by atoms with E-state index in [1.54, 1.807) is 11.3 Å². The Morgan fingerprint density at radius 2 is 2.29 bits per heavy atom. The smallest absolute Gasteiger partial charge is 0.156 e. The first kappa shape index (κ1) is 12.9. The maximum Gasteiger partial charge on any atom is 0.156 e. The van der Waals surface area contributed by atoms with Gasteiger partial charge in [0.15, 0.2) is 5.17 Å². The lowest BCUT2D eigenvalue weighted by Gasteiger charge is -2.27. The van der Waals surface area contributed by atoms with Crippen molar-refractivity contribution in [3.05, 3.63) is 16.1 Å². The van der Waals surface area contributed by atoms with Crippen molar-refractivity contribution in [2.24, 2.45) is 10.4 Å². The van der Waals surface area contributed by atoms with Crippen LogP contribution < -0.4 is 5.32 Å². The molecule has 0 saturated heterocycles. The molecule has 0 saturated carbocycles. The molecule has 17 heavy (non-hydrogen) atoms. The predicted octanol–water partition coefficient (Wildman–Crippen LogP) is 2.92. The van der Waals surface area contributed by atoms with Crippen molar-refractivity contribution in [1.82, 2.24) is 10.3 Å². The maximum atomic E-state index is 4.57. The predicted molar refractivity (Wildman–Crippen MR) is 76.9 cm³/mol. The van der Waals surface area contributed by atoms with Gasteiger partial charge in [-0.1, -0.05) is 32.5 Å². The fourth-order valence-electron chi connectivity index (χ4n) is 1.49. The minimum atomic E-state index is 0.340. The molecule has 2 heterocycles. The minimum absolute atomic E-state index is 0.340. The molecular formula is C12H19N3S2. The van der Waals surface area contributed by atoms with E-state index in [1.807, 2.05) is 18.0 Å². The van der Waals surface area contributed by atoms with Crippen molar-refractivity contribution in [2.75, 3.05) is 12.3 Å². The second-order valence-corrected chi connectivity index (χ2v) is 7.17. The van der Waals surface area contributed by atoms with Gasteiger partial charge in [0.25, 0.3) is 0 Å². The van der Waals surface area contributed by atoms with E-state index in [9.17, 15) is 0 Å². The molecule has 0 unspecified atom stereocenters. The van der Waals surface area contributed by atoms with Gasteiger partial charge in [-0.3, -0.25) is 4.99 Å². The van der Waals surface area contributed by atoms with Crippen molar-refractivity contribution < 1.29 is 0 Å². The molecule has 0 amide bonds. The third-order valence-corrected chi connectivity index (χ3v) is 5.21. The Balaban J connectivity index is 1.85. The number of thioether (sulfide) groups is 1. The van der Waals surface area contributed by atoms with Crippen LogP contribution in [0.5, 0.6) is 0 Å². The lowest BCUT2D eigenvalue weighted by atomic mass is 9.97. The zero-order valence-corrected chi connectivity index (χ0v) is 12.2. The van der Waals surface area contributed by atoms with E-state index < -0.39 is 0 Å². The monoisotopic (exact) mass is 269 g/mol. The number of rotatable bonds is 3. The van der Waals surface area contributed by atoms with Gasteiger partial charge in [0, 0.05) is 23.4 Å². The molecule has 3 nitrogen and oxygen atoms in total. The van der Waals surface area contributed by atoms with Crippen LogP contribution in [0, 0.1) is 5.41 Å². The third kappa shape index (κ3) is 3.71. The van der Waals surface area contributed by atoms with Crippen LogP contribution in [0.4, 0.5) is 0 Å². The highest BCUT2D eigenvalue weighted by Crippen LogP contribution is 2.27. The van der Waals surface area contributed by atoms with E-state index in [0.29, 0.717) is 5.41 Å². The lowest BCUT2D eigenvalue weighted by molar-refractivity contribution is 0.436. The Hall–Kier alpha value is -0.550. The summed E-state index contributed by atoms with van der Waals surface area (Å²) in [7, 11) is 0. The Morgan fingerprint density at radius 1 is 1.47 bits per heavy atom. The molecule has 2 rings (SSSR count). The molecule has 5 heteroatoms. The standard InChI is InChI=1S/C12H19N3S2/c1-4-9-5-13-10(17-9)6-14-11-15-7-12(2,3)8-16-11/h5H,4,6-8H2,1-3H3,(H,14,15). The van der Waals surface area contributed by atoms with Crippen LogP contribution in [-0.4, -0.2) is 22.4 Å². The number of hydrogen-bond acceptors (Lipinski definition) is 5. The van der Waals surface area contributed by atoms with Crippen LogP contribution in [0.15, 0.2) is 11.2 Å². The summed E-state index contributed by atoms with van der Waals surface area (Å²) in [6.45, 7) is 8.40. The van der Waals surface area contributed by atoms with Crippen molar-refractivity contribution >= 4 is 28.3 Å². The number of aromatic nitrogens is 1. The molecule has 1 aromatic heterocycles. The van der Waals surface area contributed by atoms with Gasteiger partial charge < -0.3 is 5.32 Å². The molecule has 1 N–H and O–H groups in total. The van der Waals surface area contributed by atoms with Gasteiger partial charge in [0.05, 0.1) is 6.54 Å². The summed E-state index contributed by atoms with van der Waals surface area (Å²) in [5, 5.41) is 5.59. The average Bonchev–Trinajstić information content (AvgIpc) is 2.75. The summed E-state index contributed by atoms with van der Waals surface area (Å²) in [5.41, 5.74) is 0.340. The number of amidine groups is 1. The molecule has 94 valence electrons. The molecule has 0 aromatic carbocycles. The molecule has 1 aliphatic heterocycles. The maximum absolute atomic E-state index is 4.57. The second-order valence-electron chi connectivity index (χ2n) is 5.00. The van der Waals surface area contributed by atoms with Crippen molar-refractivity contribution in [1.29, 1.82) is 0 Å². The quantitative estimate of drug-likeness (QED) is 0.916. The molecule has 0 fully saturated rings. The van der Waals surface area contributed by atoms with E-state index in [2.05, 4.69) is 36.1 Å². The normalized spacial score (nSPS) is 18.9. The lowest BCUT2D eigenvalue weighted by Crippen LogP contribution is -2.30. The van der Waals surface area contributed by atoms with Crippen molar-refractivity contribution in [3.8, 4) is 0 Å². The Bertz CT molecular complexity index is 410. The number of thiazole rings is 1. The Kier molecular flexibility index (Phi) is 4.09. The van der Waals surface area contributed by atoms with E-state index in [0.717, 1.165) is 35.4 Å². The van der Waals surface area contributed by atoms with Gasteiger partial charge >= 0.3 is 0 Å². The number of nitrogens with zero attached hydrogens (tertiary/aromatic N) is 2. The van der Waals surface area contributed by atoms with Crippen LogP contribution in [0.25, 0.3) is 0 Å². The first-order valence-corrected chi connectivity index (χ1v) is 7.74. The number of aryl methyl sites for hydroxylation is 1. The fourth-order valence-corrected chi connectivity index (χ4v) is 3.24. The average molecular weight is 269 g/mol. The van der Waals surface area contributed by atoms with Crippen molar-refractivity contribution in [3.63, 3.8) is 0 Å². The number of nitrogens with one attached hydrogen (secondary N) is 1. The fraction of sp³-hybridized carbons (Fsp3) is 0.667. The van der Waals surface area contributed by atoms with Gasteiger partial charge in [0.2, 0.25) is 0 Å². The van der Waals surface area contributed by atoms with Gasteiger partial charge in [-0.25, -0.2) is 4.98 Å². The Morgan fingerprint density at radius 3 is 2.88 bits per heavy atom. The SMILES string of the molecule is CCc1cnc(CNC2=NCC(C)(C)CS2)s1. The summed E-state index contributed by atoms with van der Waals surface area (Å²) in [4.78, 5) is 10.3. The molecular weight excluding hydrogens is 250 g/mol. The molecule has 1 aliphatic rings. The topological polar surface area (TPSA) is 37.3 Å². The summed E-state index contributed by atoms with van der Waals surface area (Å²) >= 11 is 3.60. The largest absolute Gasteiger partial charge is 0.358 e. The first-order chi connectivity index (χ1) is 8.09. The zero-order valence-electron chi connectivity index (χ0n) is 10.6. The molecule has 0 bridgehead atoms. The highest BCUT2D eigenvalue weighted by atomic mass is 32.2. The van der Waals surface area contributed by atoms with Crippen LogP contribution in [0.1, 0.15) is 30.7 Å². The van der Waals surface area contributed by atoms with Gasteiger partial charge in [-0.2, -0.15) is 0 Å². The van der Waals surface area contributed by atoms with Crippen molar-refractivity contribution in [2.45, 2.75) is 33.7 Å². The van der Waals surface area contributed by atoms with Gasteiger partial charge in [-0.15, -0.1) is 11.3 Å². The van der Waals surface area contributed by atoms with Crippen LogP contribution in [-0.2, 0) is 13.0 Å².